The summed E-state index contributed by atoms with van der Waals surface area (Å²) in [6, 6.07) is 12.3. The molecule has 0 aliphatic heterocycles. The molecule has 2 aromatic carbocycles. The van der Waals surface area contributed by atoms with E-state index in [0.29, 0.717) is 22.6 Å². The van der Waals surface area contributed by atoms with Gasteiger partial charge in [0.2, 0.25) is 0 Å². The fraction of sp³-hybridized carbons (Fsp3) is 0.100. The summed E-state index contributed by atoms with van der Waals surface area (Å²) in [6.07, 6.45) is 0. The van der Waals surface area contributed by atoms with E-state index in [1.807, 2.05) is 6.07 Å². The van der Waals surface area contributed by atoms with Gasteiger partial charge in [-0.1, -0.05) is 0 Å². The van der Waals surface area contributed by atoms with Gasteiger partial charge in [-0.15, -0.1) is 0 Å². The van der Waals surface area contributed by atoms with Gasteiger partial charge in [0.15, 0.2) is 0 Å². The van der Waals surface area contributed by atoms with Gasteiger partial charge in [0.25, 0.3) is 0 Å². The number of nitrogens with two attached hydrogens (primary N) is 1. The van der Waals surface area contributed by atoms with Gasteiger partial charge < -0.3 is 10.5 Å². The number of hydrogen-bond donors (Lipinski definition) is 1. The highest BCUT2D eigenvalue weighted by Crippen LogP contribution is 2.37. The number of ether oxygens (including phenoxy) is 1. The first-order valence-electron chi connectivity index (χ1n) is 7.76. The minimum absolute atomic E-state index is 0.0114. The second-order valence-electron chi connectivity index (χ2n) is 5.69. The third-order valence-corrected chi connectivity index (χ3v) is 4.14. The number of aromatic nitrogens is 1. The van der Waals surface area contributed by atoms with Crippen LogP contribution < -0.4 is 10.5 Å². The molecular weight excluding hydrogens is 336 g/mol. The zero-order chi connectivity index (χ0) is 18.8. The molecule has 3 aromatic rings. The smallest absolute Gasteiger partial charge is 0.142 e. The second-order valence-corrected chi connectivity index (χ2v) is 5.69. The van der Waals surface area contributed by atoms with E-state index in [1.54, 1.807) is 38.3 Å². The normalized spacial score (nSPS) is 10.4. The lowest BCUT2D eigenvalue weighted by molar-refractivity contribution is 0.415. The van der Waals surface area contributed by atoms with E-state index < -0.39 is 11.6 Å². The number of methoxy groups -OCH3 is 1. The van der Waals surface area contributed by atoms with Crippen molar-refractivity contribution in [2.45, 2.75) is 6.92 Å². The first-order chi connectivity index (χ1) is 12.5. The van der Waals surface area contributed by atoms with Crippen LogP contribution in [0, 0.1) is 29.9 Å². The van der Waals surface area contributed by atoms with Gasteiger partial charge in [-0.2, -0.15) is 5.26 Å². The summed E-state index contributed by atoms with van der Waals surface area (Å²) in [4.78, 5) is 4.32. The first-order valence-corrected chi connectivity index (χ1v) is 7.76. The maximum atomic E-state index is 14.4. The van der Waals surface area contributed by atoms with E-state index in [4.69, 9.17) is 10.5 Å². The number of anilines is 1. The van der Waals surface area contributed by atoms with Gasteiger partial charge >= 0.3 is 0 Å². The Bertz CT molecular complexity index is 1020. The molecule has 0 atom stereocenters. The summed E-state index contributed by atoms with van der Waals surface area (Å²) in [5.41, 5.74) is 8.26. The van der Waals surface area contributed by atoms with Gasteiger partial charge in [-0.25, -0.2) is 13.8 Å². The molecule has 0 saturated carbocycles. The lowest BCUT2D eigenvalue weighted by atomic mass is 9.92. The summed E-state index contributed by atoms with van der Waals surface area (Å²) >= 11 is 0. The summed E-state index contributed by atoms with van der Waals surface area (Å²) in [5, 5.41) is 9.48. The SMILES string of the molecule is COc1ccc(-c2nc(N)c(C#N)c(-c3ccc(F)cc3F)c2C)cc1. The van der Waals surface area contributed by atoms with E-state index in [1.165, 1.54) is 6.07 Å². The van der Waals surface area contributed by atoms with Crippen molar-refractivity contribution in [2.24, 2.45) is 0 Å². The molecule has 3 rings (SSSR count). The molecule has 0 fully saturated rings. The predicted octanol–water partition coefficient (Wildman–Crippen LogP) is 4.46. The largest absolute Gasteiger partial charge is 0.497 e. The Morgan fingerprint density at radius 1 is 1.12 bits per heavy atom. The highest BCUT2D eigenvalue weighted by Gasteiger charge is 2.20. The van der Waals surface area contributed by atoms with E-state index in [9.17, 15) is 14.0 Å². The summed E-state index contributed by atoms with van der Waals surface area (Å²) < 4.78 is 32.8. The molecule has 1 heterocycles. The Labute approximate surface area is 149 Å². The van der Waals surface area contributed by atoms with Crippen LogP contribution in [0.1, 0.15) is 11.1 Å². The minimum atomic E-state index is -0.768. The third-order valence-electron chi connectivity index (χ3n) is 4.14. The number of hydrogen-bond acceptors (Lipinski definition) is 4. The molecule has 0 aliphatic rings. The number of benzene rings is 2. The van der Waals surface area contributed by atoms with Crippen LogP contribution >= 0.6 is 0 Å². The van der Waals surface area contributed by atoms with Crippen molar-refractivity contribution >= 4 is 5.82 Å². The molecule has 0 saturated heterocycles. The Hall–Kier alpha value is -3.46. The Morgan fingerprint density at radius 3 is 2.38 bits per heavy atom. The monoisotopic (exact) mass is 351 g/mol. The van der Waals surface area contributed by atoms with Crippen LogP contribution in [0.2, 0.25) is 0 Å². The van der Waals surface area contributed by atoms with Crippen molar-refractivity contribution < 1.29 is 13.5 Å². The average molecular weight is 351 g/mol. The molecule has 2 N–H and O–H groups in total. The number of nitrogens with zero attached hydrogens (tertiary/aromatic N) is 2. The maximum Gasteiger partial charge on any atom is 0.142 e. The molecule has 26 heavy (non-hydrogen) atoms. The van der Waals surface area contributed by atoms with Crippen LogP contribution in [-0.2, 0) is 0 Å². The lowest BCUT2D eigenvalue weighted by Crippen LogP contribution is -2.04. The Morgan fingerprint density at radius 2 is 1.81 bits per heavy atom. The van der Waals surface area contributed by atoms with Crippen LogP contribution in [0.3, 0.4) is 0 Å². The van der Waals surface area contributed by atoms with E-state index >= 15 is 0 Å². The molecule has 0 spiro atoms. The third kappa shape index (κ3) is 2.95. The second kappa shape index (κ2) is 6.81. The number of rotatable bonds is 3. The zero-order valence-electron chi connectivity index (χ0n) is 14.2. The van der Waals surface area contributed by atoms with Gasteiger partial charge in [0.05, 0.1) is 12.8 Å². The molecule has 0 bridgehead atoms. The van der Waals surface area contributed by atoms with Crippen LogP contribution in [0.15, 0.2) is 42.5 Å². The zero-order valence-corrected chi connectivity index (χ0v) is 14.2. The molecular formula is C20H15F2N3O. The Kier molecular flexibility index (Phi) is 4.55. The summed E-state index contributed by atoms with van der Waals surface area (Å²) in [7, 11) is 1.56. The number of nitrogen functional groups attached to an aromatic ring is 1. The maximum absolute atomic E-state index is 14.4. The van der Waals surface area contributed by atoms with E-state index in [-0.39, 0.29) is 16.9 Å². The summed E-state index contributed by atoms with van der Waals surface area (Å²) in [5.74, 6) is -0.795. The van der Waals surface area contributed by atoms with Gasteiger partial charge in [-0.05, 0) is 48.9 Å². The standard InChI is InChI=1S/C20H15F2N3O/c1-11-18(15-8-5-13(21)9-17(15)22)16(10-23)20(24)25-19(11)12-3-6-14(26-2)7-4-12/h3-9H,1-2H3,(H2,24,25). The minimum Gasteiger partial charge on any atom is -0.497 e. The van der Waals surface area contributed by atoms with Crippen LogP contribution in [0.25, 0.3) is 22.4 Å². The topological polar surface area (TPSA) is 71.9 Å². The summed E-state index contributed by atoms with van der Waals surface area (Å²) in [6.45, 7) is 1.73. The molecule has 6 heteroatoms. The molecule has 1 aromatic heterocycles. The number of nitriles is 1. The van der Waals surface area contributed by atoms with Crippen LogP contribution in [-0.4, -0.2) is 12.1 Å². The van der Waals surface area contributed by atoms with Crippen LogP contribution in [0.4, 0.5) is 14.6 Å². The first kappa shape index (κ1) is 17.4. The predicted molar refractivity (Wildman–Crippen MR) is 95.4 cm³/mol. The van der Waals surface area contributed by atoms with Crippen molar-refractivity contribution in [3.8, 4) is 34.2 Å². The molecule has 0 radical (unpaired) electrons. The highest BCUT2D eigenvalue weighted by atomic mass is 19.1. The quantitative estimate of drug-likeness (QED) is 0.756. The number of halogens is 2. The highest BCUT2D eigenvalue weighted by molar-refractivity contribution is 5.84. The fourth-order valence-electron chi connectivity index (χ4n) is 2.87. The Balaban J connectivity index is 2.29. The van der Waals surface area contributed by atoms with Gasteiger partial charge in [-0.3, -0.25) is 0 Å². The van der Waals surface area contributed by atoms with E-state index in [2.05, 4.69) is 4.98 Å². The van der Waals surface area contributed by atoms with E-state index in [0.717, 1.165) is 17.7 Å². The fourth-order valence-corrected chi connectivity index (χ4v) is 2.87. The molecule has 4 nitrogen and oxygen atoms in total. The molecule has 0 aliphatic carbocycles. The number of pyridine rings is 1. The molecule has 0 unspecified atom stereocenters. The van der Waals surface area contributed by atoms with Crippen molar-refractivity contribution in [2.75, 3.05) is 12.8 Å². The van der Waals surface area contributed by atoms with Crippen LogP contribution in [0.5, 0.6) is 5.75 Å². The van der Waals surface area contributed by atoms with Crippen molar-refractivity contribution in [3.63, 3.8) is 0 Å². The van der Waals surface area contributed by atoms with Crippen molar-refractivity contribution in [3.05, 3.63) is 65.2 Å². The molecule has 0 amide bonds. The average Bonchev–Trinajstić information content (AvgIpc) is 2.63. The van der Waals surface area contributed by atoms with Gasteiger partial charge in [0.1, 0.15) is 34.8 Å². The lowest BCUT2D eigenvalue weighted by Gasteiger charge is -2.16. The van der Waals surface area contributed by atoms with Gasteiger partial charge in [0, 0.05) is 22.8 Å². The molecule has 130 valence electrons. The van der Waals surface area contributed by atoms with Crippen molar-refractivity contribution in [1.29, 1.82) is 5.26 Å². The van der Waals surface area contributed by atoms with Crippen molar-refractivity contribution in [1.82, 2.24) is 4.98 Å².